The SMILES string of the molecule is O=c1[nH]c(=O)n([C@@H]2C=C[C@H](CO)O2)cc1Cl. The van der Waals surface area contributed by atoms with E-state index in [-0.39, 0.29) is 11.6 Å². The van der Waals surface area contributed by atoms with Crippen molar-refractivity contribution in [1.82, 2.24) is 9.55 Å². The van der Waals surface area contributed by atoms with Gasteiger partial charge in [0.25, 0.3) is 5.56 Å². The summed E-state index contributed by atoms with van der Waals surface area (Å²) in [7, 11) is 0. The second-order valence-electron chi connectivity index (χ2n) is 3.28. The van der Waals surface area contributed by atoms with Crippen molar-refractivity contribution >= 4 is 11.6 Å². The van der Waals surface area contributed by atoms with E-state index in [0.29, 0.717) is 0 Å². The molecule has 16 heavy (non-hydrogen) atoms. The Morgan fingerprint density at radius 3 is 2.88 bits per heavy atom. The summed E-state index contributed by atoms with van der Waals surface area (Å²) in [5.74, 6) is 0. The fraction of sp³-hybridized carbons (Fsp3) is 0.333. The second kappa shape index (κ2) is 4.25. The summed E-state index contributed by atoms with van der Waals surface area (Å²) in [5, 5.41) is 8.76. The molecule has 1 aliphatic heterocycles. The van der Waals surface area contributed by atoms with E-state index in [4.69, 9.17) is 21.4 Å². The summed E-state index contributed by atoms with van der Waals surface area (Å²) >= 11 is 5.60. The molecule has 1 aromatic heterocycles. The summed E-state index contributed by atoms with van der Waals surface area (Å²) in [6, 6.07) is 0. The zero-order valence-corrected chi connectivity index (χ0v) is 8.85. The van der Waals surface area contributed by atoms with Crippen LogP contribution in [-0.4, -0.2) is 27.4 Å². The number of nitrogens with one attached hydrogen (secondary N) is 1. The van der Waals surface area contributed by atoms with Crippen molar-refractivity contribution in [3.63, 3.8) is 0 Å². The van der Waals surface area contributed by atoms with Gasteiger partial charge in [0.15, 0.2) is 6.23 Å². The first kappa shape index (κ1) is 11.1. The van der Waals surface area contributed by atoms with Crippen LogP contribution in [0.1, 0.15) is 6.23 Å². The van der Waals surface area contributed by atoms with Crippen molar-refractivity contribution < 1.29 is 9.84 Å². The smallest absolute Gasteiger partial charge is 0.330 e. The first-order valence-corrected chi connectivity index (χ1v) is 4.95. The number of ether oxygens (including phenoxy) is 1. The summed E-state index contributed by atoms with van der Waals surface area (Å²) < 4.78 is 6.44. The third-order valence-electron chi connectivity index (χ3n) is 2.18. The highest BCUT2D eigenvalue weighted by atomic mass is 35.5. The first-order valence-electron chi connectivity index (χ1n) is 4.57. The predicted molar refractivity (Wildman–Crippen MR) is 56.5 cm³/mol. The van der Waals surface area contributed by atoms with Crippen LogP contribution >= 0.6 is 11.6 Å². The normalized spacial score (nSPS) is 23.9. The van der Waals surface area contributed by atoms with E-state index in [9.17, 15) is 9.59 Å². The molecule has 0 spiro atoms. The Morgan fingerprint density at radius 1 is 1.50 bits per heavy atom. The highest BCUT2D eigenvalue weighted by Crippen LogP contribution is 2.19. The lowest BCUT2D eigenvalue weighted by Gasteiger charge is -2.14. The van der Waals surface area contributed by atoms with Crippen molar-refractivity contribution in [3.8, 4) is 0 Å². The molecule has 7 heteroatoms. The molecule has 0 aliphatic carbocycles. The Kier molecular flexibility index (Phi) is 2.95. The molecule has 0 saturated carbocycles. The van der Waals surface area contributed by atoms with Crippen LogP contribution in [-0.2, 0) is 4.74 Å². The average Bonchev–Trinajstić information content (AvgIpc) is 2.71. The van der Waals surface area contributed by atoms with Crippen molar-refractivity contribution in [2.45, 2.75) is 12.3 Å². The Morgan fingerprint density at radius 2 is 2.25 bits per heavy atom. The summed E-state index contributed by atoms with van der Waals surface area (Å²) in [6.07, 6.45) is 3.35. The maximum absolute atomic E-state index is 11.4. The Bertz CT molecular complexity index is 533. The van der Waals surface area contributed by atoms with Gasteiger partial charge in [0, 0.05) is 6.20 Å². The summed E-state index contributed by atoms with van der Waals surface area (Å²) in [4.78, 5) is 24.5. The van der Waals surface area contributed by atoms with Crippen molar-refractivity contribution in [2.75, 3.05) is 6.61 Å². The average molecular weight is 245 g/mol. The van der Waals surface area contributed by atoms with Crippen LogP contribution < -0.4 is 11.2 Å². The molecule has 6 nitrogen and oxygen atoms in total. The third kappa shape index (κ3) is 1.95. The van der Waals surface area contributed by atoms with E-state index in [1.807, 2.05) is 0 Å². The zero-order chi connectivity index (χ0) is 11.7. The third-order valence-corrected chi connectivity index (χ3v) is 2.45. The number of rotatable bonds is 2. The monoisotopic (exact) mass is 244 g/mol. The number of H-pyrrole nitrogens is 1. The van der Waals surface area contributed by atoms with Crippen LogP contribution in [0.4, 0.5) is 0 Å². The van der Waals surface area contributed by atoms with Gasteiger partial charge in [-0.2, -0.15) is 0 Å². The molecule has 0 bridgehead atoms. The van der Waals surface area contributed by atoms with Gasteiger partial charge in [-0.3, -0.25) is 14.3 Å². The number of aromatic amines is 1. The second-order valence-corrected chi connectivity index (χ2v) is 3.68. The molecule has 0 fully saturated rings. The van der Waals surface area contributed by atoms with Gasteiger partial charge in [0.05, 0.1) is 6.61 Å². The van der Waals surface area contributed by atoms with Crippen LogP contribution in [0.25, 0.3) is 0 Å². The molecule has 2 N–H and O–H groups in total. The number of hydrogen-bond donors (Lipinski definition) is 2. The summed E-state index contributed by atoms with van der Waals surface area (Å²) in [5.41, 5.74) is -1.24. The minimum atomic E-state index is -0.654. The molecule has 2 rings (SSSR count). The van der Waals surface area contributed by atoms with Crippen molar-refractivity contribution in [1.29, 1.82) is 0 Å². The molecule has 0 radical (unpaired) electrons. The van der Waals surface area contributed by atoms with Gasteiger partial charge < -0.3 is 9.84 Å². The lowest BCUT2D eigenvalue weighted by Crippen LogP contribution is -2.32. The largest absolute Gasteiger partial charge is 0.393 e. The van der Waals surface area contributed by atoms with E-state index in [0.717, 1.165) is 4.57 Å². The number of aromatic nitrogens is 2. The molecule has 2 atom stereocenters. The fourth-order valence-electron chi connectivity index (χ4n) is 1.40. The molecule has 1 aliphatic rings. The lowest BCUT2D eigenvalue weighted by atomic mass is 10.4. The number of aliphatic hydroxyl groups is 1. The maximum atomic E-state index is 11.4. The van der Waals surface area contributed by atoms with E-state index in [2.05, 4.69) is 4.98 Å². The number of aliphatic hydroxyl groups excluding tert-OH is 1. The summed E-state index contributed by atoms with van der Waals surface area (Å²) in [6.45, 7) is -0.168. The molecule has 0 unspecified atom stereocenters. The number of nitrogens with zero attached hydrogens (tertiary/aromatic N) is 1. The van der Waals surface area contributed by atoms with Gasteiger partial charge in [-0.25, -0.2) is 4.79 Å². The molecule has 1 aromatic rings. The molecular weight excluding hydrogens is 236 g/mol. The van der Waals surface area contributed by atoms with Crippen LogP contribution in [0.2, 0.25) is 5.02 Å². The van der Waals surface area contributed by atoms with Crippen LogP contribution in [0.15, 0.2) is 27.9 Å². The predicted octanol–water partition coefficient (Wildman–Crippen LogP) is -0.364. The van der Waals surface area contributed by atoms with Crippen LogP contribution in [0.5, 0.6) is 0 Å². The first-order chi connectivity index (χ1) is 7.61. The molecule has 0 aromatic carbocycles. The van der Waals surface area contributed by atoms with Crippen LogP contribution in [0.3, 0.4) is 0 Å². The van der Waals surface area contributed by atoms with Gasteiger partial charge in [0.1, 0.15) is 11.1 Å². The van der Waals surface area contributed by atoms with Gasteiger partial charge >= 0.3 is 5.69 Å². The molecule has 86 valence electrons. The zero-order valence-electron chi connectivity index (χ0n) is 8.09. The van der Waals surface area contributed by atoms with Crippen molar-refractivity contribution in [3.05, 3.63) is 44.2 Å². The van der Waals surface area contributed by atoms with Crippen LogP contribution in [0, 0.1) is 0 Å². The highest BCUT2D eigenvalue weighted by molar-refractivity contribution is 6.30. The maximum Gasteiger partial charge on any atom is 0.330 e. The van der Waals surface area contributed by atoms with E-state index >= 15 is 0 Å². The Balaban J connectivity index is 2.36. The fourth-order valence-corrected chi connectivity index (χ4v) is 1.55. The van der Waals surface area contributed by atoms with E-state index in [1.165, 1.54) is 6.20 Å². The van der Waals surface area contributed by atoms with E-state index in [1.54, 1.807) is 12.2 Å². The topological polar surface area (TPSA) is 84.3 Å². The van der Waals surface area contributed by atoms with Gasteiger partial charge in [-0.15, -0.1) is 0 Å². The molecule has 0 saturated heterocycles. The quantitative estimate of drug-likeness (QED) is 0.696. The minimum Gasteiger partial charge on any atom is -0.393 e. The van der Waals surface area contributed by atoms with Gasteiger partial charge in [-0.1, -0.05) is 17.7 Å². The molecule has 0 amide bonds. The minimum absolute atomic E-state index is 0.0935. The van der Waals surface area contributed by atoms with Crippen molar-refractivity contribution in [2.24, 2.45) is 0 Å². The standard InChI is InChI=1S/C9H9ClN2O4/c10-6-3-12(9(15)11-8(6)14)7-2-1-5(4-13)16-7/h1-3,5,7,13H,4H2,(H,11,14,15)/t5-,7+/m1/s1. The molecule has 2 heterocycles. The molecular formula is C9H9ClN2O4. The van der Waals surface area contributed by atoms with Gasteiger partial charge in [-0.05, 0) is 6.08 Å². The van der Waals surface area contributed by atoms with Gasteiger partial charge in [0.2, 0.25) is 0 Å². The Hall–Kier alpha value is -1.37. The number of halogens is 1. The highest BCUT2D eigenvalue weighted by Gasteiger charge is 2.21. The number of hydrogen-bond acceptors (Lipinski definition) is 4. The van der Waals surface area contributed by atoms with E-state index < -0.39 is 23.6 Å². The Labute approximate surface area is 94.7 Å². The lowest BCUT2D eigenvalue weighted by molar-refractivity contribution is -0.0103.